The fraction of sp³-hybridized carbons (Fsp3) is 0.464. The smallest absolute Gasteiger partial charge is 0.412 e. The first-order chi connectivity index (χ1) is 18.0. The van der Waals surface area contributed by atoms with Crippen molar-refractivity contribution >= 4 is 10.0 Å². The Morgan fingerprint density at radius 2 is 1.79 bits per heavy atom. The van der Waals surface area contributed by atoms with Crippen LogP contribution in [0.3, 0.4) is 0 Å². The molecule has 0 unspecified atom stereocenters. The molecule has 1 saturated heterocycles. The molecular formula is C28H30F2N2O5S. The van der Waals surface area contributed by atoms with Gasteiger partial charge in [-0.15, -0.1) is 0 Å². The SMILES string of the molecule is C[C@H]1CC[C@H](c2ccccc2)S(=O)(=O)N1Cc1cc(F)c([C@]2(c3c[nH]c(=O)o3)C[C@@](O)(C3CC3)C2)cc1F. The van der Waals surface area contributed by atoms with Crippen LogP contribution < -0.4 is 5.76 Å². The number of benzene rings is 2. The van der Waals surface area contributed by atoms with Gasteiger partial charge in [0.25, 0.3) is 0 Å². The average molecular weight is 545 g/mol. The molecule has 2 atom stereocenters. The number of nitrogens with zero attached hydrogens (tertiary/aromatic N) is 1. The van der Waals surface area contributed by atoms with Crippen molar-refractivity contribution in [1.29, 1.82) is 0 Å². The van der Waals surface area contributed by atoms with Crippen molar-refractivity contribution < 1.29 is 26.7 Å². The lowest BCUT2D eigenvalue weighted by Gasteiger charge is -2.53. The number of sulfonamides is 1. The second-order valence-corrected chi connectivity index (χ2v) is 13.3. The van der Waals surface area contributed by atoms with E-state index in [9.17, 15) is 18.3 Å². The average Bonchev–Trinajstić information content (AvgIpc) is 3.63. The molecule has 10 heteroatoms. The summed E-state index contributed by atoms with van der Waals surface area (Å²) in [5.41, 5.74) is -1.62. The molecule has 38 heavy (non-hydrogen) atoms. The molecule has 7 nitrogen and oxygen atoms in total. The number of nitrogens with one attached hydrogen (secondary N) is 1. The van der Waals surface area contributed by atoms with Crippen LogP contribution in [0.25, 0.3) is 0 Å². The highest BCUT2D eigenvalue weighted by molar-refractivity contribution is 7.89. The molecule has 1 aromatic heterocycles. The van der Waals surface area contributed by atoms with Gasteiger partial charge >= 0.3 is 5.76 Å². The minimum atomic E-state index is -3.83. The lowest BCUT2D eigenvalue weighted by Crippen LogP contribution is -2.57. The fourth-order valence-corrected chi connectivity index (χ4v) is 8.70. The third kappa shape index (κ3) is 4.04. The highest BCUT2D eigenvalue weighted by Gasteiger charge is 2.63. The van der Waals surface area contributed by atoms with Crippen LogP contribution in [0.1, 0.15) is 73.1 Å². The number of halogens is 2. The highest BCUT2D eigenvalue weighted by Crippen LogP contribution is 2.62. The highest BCUT2D eigenvalue weighted by atomic mass is 32.2. The zero-order valence-corrected chi connectivity index (χ0v) is 21.8. The van der Waals surface area contributed by atoms with Gasteiger partial charge in [-0.05, 0) is 69.1 Å². The van der Waals surface area contributed by atoms with Crippen LogP contribution in [0.15, 0.2) is 57.9 Å². The number of aromatic amines is 1. The number of oxazole rings is 1. The maximum Gasteiger partial charge on any atom is 0.416 e. The van der Waals surface area contributed by atoms with Gasteiger partial charge < -0.3 is 9.52 Å². The molecule has 0 amide bonds. The number of aromatic nitrogens is 1. The molecule has 202 valence electrons. The van der Waals surface area contributed by atoms with E-state index in [4.69, 9.17) is 4.42 Å². The van der Waals surface area contributed by atoms with Crippen molar-refractivity contribution in [3.8, 4) is 0 Å². The Labute approximate surface area is 219 Å². The van der Waals surface area contributed by atoms with Crippen LogP contribution in [0.4, 0.5) is 8.78 Å². The van der Waals surface area contributed by atoms with E-state index in [2.05, 4.69) is 4.98 Å². The summed E-state index contributed by atoms with van der Waals surface area (Å²) in [6, 6.07) is 10.7. The molecule has 3 fully saturated rings. The van der Waals surface area contributed by atoms with E-state index in [1.165, 1.54) is 10.5 Å². The third-order valence-electron chi connectivity index (χ3n) is 8.72. The maximum atomic E-state index is 15.7. The molecule has 2 N–H and O–H groups in total. The first-order valence-corrected chi connectivity index (χ1v) is 14.5. The van der Waals surface area contributed by atoms with Crippen LogP contribution in [0.5, 0.6) is 0 Å². The summed E-state index contributed by atoms with van der Waals surface area (Å²) < 4.78 is 65.0. The molecule has 3 aromatic rings. The van der Waals surface area contributed by atoms with Gasteiger partial charge in [-0.2, -0.15) is 4.31 Å². The number of hydrogen-bond donors (Lipinski definition) is 2. The Morgan fingerprint density at radius 3 is 2.42 bits per heavy atom. The van der Waals surface area contributed by atoms with E-state index in [1.54, 1.807) is 31.2 Å². The number of rotatable bonds is 6. The van der Waals surface area contributed by atoms with Crippen LogP contribution in [0, 0.1) is 17.6 Å². The quantitative estimate of drug-likeness (QED) is 0.475. The van der Waals surface area contributed by atoms with E-state index in [1.807, 2.05) is 6.07 Å². The molecule has 6 rings (SSSR count). The van der Waals surface area contributed by atoms with Gasteiger partial charge in [0.2, 0.25) is 10.0 Å². The number of aliphatic hydroxyl groups is 1. The fourth-order valence-electron chi connectivity index (χ4n) is 6.51. The summed E-state index contributed by atoms with van der Waals surface area (Å²) in [5.74, 6) is -1.95. The molecule has 0 bridgehead atoms. The first-order valence-electron chi connectivity index (χ1n) is 13.0. The van der Waals surface area contributed by atoms with Gasteiger partial charge in [0, 0.05) is 29.9 Å². The number of hydrogen-bond acceptors (Lipinski definition) is 5. The summed E-state index contributed by atoms with van der Waals surface area (Å²) >= 11 is 0. The predicted molar refractivity (Wildman–Crippen MR) is 136 cm³/mol. The van der Waals surface area contributed by atoms with E-state index >= 15 is 8.78 Å². The molecule has 0 spiro atoms. The van der Waals surface area contributed by atoms with Crippen LogP contribution in [-0.4, -0.2) is 34.5 Å². The Balaban J connectivity index is 1.34. The van der Waals surface area contributed by atoms with Crippen molar-refractivity contribution in [2.45, 2.75) is 74.3 Å². The Hall–Kier alpha value is -2.82. The zero-order chi connectivity index (χ0) is 26.9. The third-order valence-corrected chi connectivity index (χ3v) is 11.1. The Kier molecular flexibility index (Phi) is 5.93. The predicted octanol–water partition coefficient (Wildman–Crippen LogP) is 4.52. The summed E-state index contributed by atoms with van der Waals surface area (Å²) in [7, 11) is -3.83. The molecule has 2 heterocycles. The summed E-state index contributed by atoms with van der Waals surface area (Å²) in [6.07, 6.45) is 4.34. The van der Waals surface area contributed by atoms with Crippen LogP contribution in [0.2, 0.25) is 0 Å². The normalized spacial score (nSPS) is 31.2. The maximum absolute atomic E-state index is 15.7. The molecular weight excluding hydrogens is 514 g/mol. The van der Waals surface area contributed by atoms with Gasteiger partial charge in [-0.1, -0.05) is 30.3 Å². The largest absolute Gasteiger partial charge is 0.416 e. The van der Waals surface area contributed by atoms with Crippen molar-refractivity contribution in [2.24, 2.45) is 5.92 Å². The molecule has 1 aliphatic heterocycles. The summed E-state index contributed by atoms with van der Waals surface area (Å²) in [4.78, 5) is 14.2. The Bertz CT molecular complexity index is 1520. The minimum absolute atomic E-state index is 0.0106. The van der Waals surface area contributed by atoms with Crippen molar-refractivity contribution in [3.05, 3.63) is 93.3 Å². The van der Waals surface area contributed by atoms with Gasteiger partial charge in [-0.25, -0.2) is 22.0 Å². The molecule has 2 aromatic carbocycles. The van der Waals surface area contributed by atoms with Gasteiger partial charge in [0.05, 0.1) is 11.0 Å². The van der Waals surface area contributed by atoms with Crippen molar-refractivity contribution in [2.75, 3.05) is 0 Å². The van der Waals surface area contributed by atoms with E-state index in [-0.39, 0.29) is 48.2 Å². The standard InChI is InChI=1S/C28H30F2N2O5S/c1-17-7-10-24(18-5-3-2-4-6-18)38(35,36)32(17)14-19-11-23(30)21(12-22(19)29)27(25-13-31-26(33)37-25)15-28(34,16-27)20-8-9-20/h2-6,11-13,17,20,24,34H,7-10,14-16H2,1H3,(H,31,33)/t17-,24+,27-,28-/m0/s1. The van der Waals surface area contributed by atoms with Crippen LogP contribution in [-0.2, 0) is 22.0 Å². The molecule has 2 aliphatic carbocycles. The second kappa shape index (κ2) is 8.86. The lowest BCUT2D eigenvalue weighted by atomic mass is 9.53. The molecule has 0 radical (unpaired) electrons. The summed E-state index contributed by atoms with van der Waals surface area (Å²) in [6.45, 7) is 1.48. The topological polar surface area (TPSA) is 104 Å². The van der Waals surface area contributed by atoms with Crippen molar-refractivity contribution in [1.82, 2.24) is 9.29 Å². The van der Waals surface area contributed by atoms with E-state index < -0.39 is 43.7 Å². The minimum Gasteiger partial charge on any atom is -0.412 e. The van der Waals surface area contributed by atoms with Crippen molar-refractivity contribution in [3.63, 3.8) is 0 Å². The second-order valence-electron chi connectivity index (χ2n) is 11.2. The van der Waals surface area contributed by atoms with Gasteiger partial charge in [0.15, 0.2) is 0 Å². The van der Waals surface area contributed by atoms with Gasteiger partial charge in [-0.3, -0.25) is 4.98 Å². The van der Waals surface area contributed by atoms with Gasteiger partial charge in [0.1, 0.15) is 22.6 Å². The molecule has 2 saturated carbocycles. The first kappa shape index (κ1) is 25.5. The van der Waals surface area contributed by atoms with E-state index in [0.717, 1.165) is 25.0 Å². The lowest BCUT2D eigenvalue weighted by molar-refractivity contribution is -0.101. The van der Waals surface area contributed by atoms with E-state index in [0.29, 0.717) is 18.4 Å². The molecule has 3 aliphatic rings. The van der Waals surface area contributed by atoms with Crippen LogP contribution >= 0.6 is 0 Å². The zero-order valence-electron chi connectivity index (χ0n) is 21.0. The number of H-pyrrole nitrogens is 1. The Morgan fingerprint density at radius 1 is 1.08 bits per heavy atom. The summed E-state index contributed by atoms with van der Waals surface area (Å²) in [5, 5.41) is 10.3. The monoisotopic (exact) mass is 544 g/mol.